The van der Waals surface area contributed by atoms with E-state index in [4.69, 9.17) is 0 Å². The molecule has 1 saturated carbocycles. The Kier molecular flexibility index (Phi) is 1.56. The summed E-state index contributed by atoms with van der Waals surface area (Å²) in [6.07, 6.45) is 2.04. The predicted molar refractivity (Wildman–Crippen MR) is 32.6 cm³/mol. The SMILES string of the molecule is C=C1CCCCC1(F)F. The van der Waals surface area contributed by atoms with Gasteiger partial charge in [0, 0.05) is 6.42 Å². The summed E-state index contributed by atoms with van der Waals surface area (Å²) < 4.78 is 25.0. The molecule has 0 aromatic rings. The molecule has 0 aromatic heterocycles. The van der Waals surface area contributed by atoms with E-state index in [1.165, 1.54) is 0 Å². The van der Waals surface area contributed by atoms with E-state index in [-0.39, 0.29) is 12.0 Å². The van der Waals surface area contributed by atoms with Crippen LogP contribution >= 0.6 is 0 Å². The first-order valence-electron chi connectivity index (χ1n) is 3.19. The van der Waals surface area contributed by atoms with Crippen LogP contribution in [0.15, 0.2) is 12.2 Å². The van der Waals surface area contributed by atoms with Crippen molar-refractivity contribution in [2.45, 2.75) is 31.6 Å². The second kappa shape index (κ2) is 2.09. The van der Waals surface area contributed by atoms with Crippen LogP contribution in [-0.2, 0) is 0 Å². The molecule has 0 bridgehead atoms. The summed E-state index contributed by atoms with van der Waals surface area (Å²) in [5, 5.41) is 0. The third-order valence-electron chi connectivity index (χ3n) is 1.74. The molecule has 1 aliphatic rings. The highest BCUT2D eigenvalue weighted by molar-refractivity contribution is 5.09. The lowest BCUT2D eigenvalue weighted by atomic mass is 9.93. The summed E-state index contributed by atoms with van der Waals surface area (Å²) in [5.41, 5.74) is 0.119. The molecular weight excluding hydrogens is 122 g/mol. The van der Waals surface area contributed by atoms with Gasteiger partial charge in [0.1, 0.15) is 0 Å². The Bertz CT molecular complexity index is 127. The first kappa shape index (κ1) is 6.72. The molecule has 0 nitrogen and oxygen atoms in total. The highest BCUT2D eigenvalue weighted by Crippen LogP contribution is 2.36. The molecule has 0 saturated heterocycles. The summed E-state index contributed by atoms with van der Waals surface area (Å²) in [5.74, 6) is -2.56. The van der Waals surface area contributed by atoms with Gasteiger partial charge in [0.15, 0.2) is 0 Å². The average molecular weight is 132 g/mol. The van der Waals surface area contributed by atoms with E-state index in [2.05, 4.69) is 6.58 Å². The minimum atomic E-state index is -2.56. The zero-order valence-corrected chi connectivity index (χ0v) is 5.29. The fourth-order valence-corrected chi connectivity index (χ4v) is 1.05. The lowest BCUT2D eigenvalue weighted by Crippen LogP contribution is -2.22. The van der Waals surface area contributed by atoms with Gasteiger partial charge in [0.05, 0.1) is 0 Å². The summed E-state index contributed by atoms with van der Waals surface area (Å²) in [6, 6.07) is 0. The van der Waals surface area contributed by atoms with Crippen molar-refractivity contribution >= 4 is 0 Å². The van der Waals surface area contributed by atoms with Crippen LogP contribution in [0.4, 0.5) is 8.78 Å². The molecule has 0 spiro atoms. The lowest BCUT2D eigenvalue weighted by Gasteiger charge is -2.23. The third-order valence-corrected chi connectivity index (χ3v) is 1.74. The van der Waals surface area contributed by atoms with Crippen LogP contribution in [0, 0.1) is 0 Å². The maximum atomic E-state index is 12.5. The molecule has 0 heterocycles. The van der Waals surface area contributed by atoms with Crippen LogP contribution in [0.3, 0.4) is 0 Å². The smallest absolute Gasteiger partial charge is 0.202 e. The predicted octanol–water partition coefficient (Wildman–Crippen LogP) is 2.75. The molecule has 52 valence electrons. The quantitative estimate of drug-likeness (QED) is 0.444. The second-order valence-electron chi connectivity index (χ2n) is 2.52. The minimum absolute atomic E-state index is 0.00579. The topological polar surface area (TPSA) is 0 Å². The Hall–Kier alpha value is -0.400. The van der Waals surface area contributed by atoms with Gasteiger partial charge in [-0.2, -0.15) is 0 Å². The van der Waals surface area contributed by atoms with Crippen molar-refractivity contribution in [3.8, 4) is 0 Å². The zero-order valence-electron chi connectivity index (χ0n) is 5.29. The minimum Gasteiger partial charge on any atom is -0.202 e. The van der Waals surface area contributed by atoms with Gasteiger partial charge in [-0.05, 0) is 24.8 Å². The van der Waals surface area contributed by atoms with Crippen LogP contribution in [0.2, 0.25) is 0 Å². The first-order valence-corrected chi connectivity index (χ1v) is 3.19. The Morgan fingerprint density at radius 1 is 1.33 bits per heavy atom. The zero-order chi connectivity index (χ0) is 6.91. The Morgan fingerprint density at radius 3 is 2.33 bits per heavy atom. The van der Waals surface area contributed by atoms with Gasteiger partial charge >= 0.3 is 0 Å². The largest absolute Gasteiger partial charge is 0.269 e. The summed E-state index contributed by atoms with van der Waals surface area (Å²) in [6.45, 7) is 3.32. The van der Waals surface area contributed by atoms with Crippen molar-refractivity contribution in [3.05, 3.63) is 12.2 Å². The molecule has 1 rings (SSSR count). The number of hydrogen-bond acceptors (Lipinski definition) is 0. The van der Waals surface area contributed by atoms with Gasteiger partial charge in [0.2, 0.25) is 0 Å². The van der Waals surface area contributed by atoms with Crippen molar-refractivity contribution in [3.63, 3.8) is 0 Å². The van der Waals surface area contributed by atoms with E-state index >= 15 is 0 Å². The van der Waals surface area contributed by atoms with Gasteiger partial charge in [-0.1, -0.05) is 6.58 Å². The monoisotopic (exact) mass is 132 g/mol. The molecule has 0 N–H and O–H groups in total. The molecule has 0 unspecified atom stereocenters. The maximum absolute atomic E-state index is 12.5. The fraction of sp³-hybridized carbons (Fsp3) is 0.714. The summed E-state index contributed by atoms with van der Waals surface area (Å²) in [7, 11) is 0. The molecule has 9 heavy (non-hydrogen) atoms. The highest BCUT2D eigenvalue weighted by Gasteiger charge is 2.34. The van der Waals surface area contributed by atoms with Gasteiger partial charge in [-0.25, -0.2) is 8.78 Å². The fourth-order valence-electron chi connectivity index (χ4n) is 1.05. The van der Waals surface area contributed by atoms with Gasteiger partial charge < -0.3 is 0 Å². The Labute approximate surface area is 53.6 Å². The molecule has 1 aliphatic carbocycles. The number of alkyl halides is 2. The van der Waals surface area contributed by atoms with Crippen molar-refractivity contribution in [1.82, 2.24) is 0 Å². The van der Waals surface area contributed by atoms with Gasteiger partial charge in [-0.3, -0.25) is 0 Å². The number of allylic oxidation sites excluding steroid dienone is 1. The van der Waals surface area contributed by atoms with E-state index in [0.29, 0.717) is 12.8 Å². The average Bonchev–Trinajstić information content (AvgIpc) is 1.77. The molecule has 0 aliphatic heterocycles. The lowest BCUT2D eigenvalue weighted by molar-refractivity contribution is 0.0160. The number of rotatable bonds is 0. The van der Waals surface area contributed by atoms with Gasteiger partial charge in [0.25, 0.3) is 5.92 Å². The van der Waals surface area contributed by atoms with E-state index < -0.39 is 5.92 Å². The first-order chi connectivity index (χ1) is 4.13. The van der Waals surface area contributed by atoms with Crippen molar-refractivity contribution in [1.29, 1.82) is 0 Å². The summed E-state index contributed by atoms with van der Waals surface area (Å²) in [4.78, 5) is 0. The number of hydrogen-bond donors (Lipinski definition) is 0. The van der Waals surface area contributed by atoms with Crippen molar-refractivity contribution in [2.75, 3.05) is 0 Å². The molecule has 0 amide bonds. The molecular formula is C7H10F2. The van der Waals surface area contributed by atoms with Crippen LogP contribution < -0.4 is 0 Å². The van der Waals surface area contributed by atoms with Crippen LogP contribution in [0.1, 0.15) is 25.7 Å². The third kappa shape index (κ3) is 1.29. The molecule has 1 fully saturated rings. The van der Waals surface area contributed by atoms with Crippen molar-refractivity contribution < 1.29 is 8.78 Å². The molecule has 0 radical (unpaired) electrons. The van der Waals surface area contributed by atoms with Crippen LogP contribution in [0.5, 0.6) is 0 Å². The normalized spacial score (nSPS) is 26.2. The molecule has 2 heteroatoms. The molecule has 0 aromatic carbocycles. The maximum Gasteiger partial charge on any atom is 0.269 e. The van der Waals surface area contributed by atoms with Crippen LogP contribution in [0.25, 0.3) is 0 Å². The summed E-state index contributed by atoms with van der Waals surface area (Å²) >= 11 is 0. The van der Waals surface area contributed by atoms with E-state index in [1.807, 2.05) is 0 Å². The Balaban J connectivity index is 2.60. The standard InChI is InChI=1S/C7H10F2/c1-6-4-2-3-5-7(6,8)9/h1-5H2. The number of halogens is 2. The van der Waals surface area contributed by atoms with Crippen molar-refractivity contribution in [2.24, 2.45) is 0 Å². The van der Waals surface area contributed by atoms with E-state index in [1.54, 1.807) is 0 Å². The second-order valence-corrected chi connectivity index (χ2v) is 2.52. The molecule has 0 atom stereocenters. The van der Waals surface area contributed by atoms with Crippen LogP contribution in [-0.4, -0.2) is 5.92 Å². The van der Waals surface area contributed by atoms with E-state index in [0.717, 1.165) is 6.42 Å². The van der Waals surface area contributed by atoms with E-state index in [9.17, 15) is 8.78 Å². The Morgan fingerprint density at radius 2 is 2.00 bits per heavy atom. The highest BCUT2D eigenvalue weighted by atomic mass is 19.3. The van der Waals surface area contributed by atoms with Gasteiger partial charge in [-0.15, -0.1) is 0 Å².